The largest absolute Gasteiger partial charge is 0.350 e. The first kappa shape index (κ1) is 13.1. The Hall–Kier alpha value is -1.85. The number of aromatic nitrogens is 2. The van der Waals surface area contributed by atoms with E-state index in [1.165, 1.54) is 6.07 Å². The van der Waals surface area contributed by atoms with Gasteiger partial charge in [0.1, 0.15) is 0 Å². The summed E-state index contributed by atoms with van der Waals surface area (Å²) in [5.74, 6) is 1.33. The fourth-order valence-electron chi connectivity index (χ4n) is 2.66. The van der Waals surface area contributed by atoms with E-state index in [4.69, 9.17) is 0 Å². The number of hydrogen-bond acceptors (Lipinski definition) is 4. The number of nitrogens with zero attached hydrogens (tertiary/aromatic N) is 2. The number of rotatable bonds is 4. The van der Waals surface area contributed by atoms with Gasteiger partial charge in [0.2, 0.25) is 11.9 Å². The summed E-state index contributed by atoms with van der Waals surface area (Å²) < 4.78 is 0. The highest BCUT2D eigenvalue weighted by Gasteiger charge is 2.38. The number of carbonyl (C=O) groups is 1. The van der Waals surface area contributed by atoms with Gasteiger partial charge in [0.15, 0.2) is 0 Å². The van der Waals surface area contributed by atoms with Gasteiger partial charge in [-0.15, -0.1) is 0 Å². The number of nitrogens with one attached hydrogen (secondary N) is 2. The molecule has 0 unspecified atom stereocenters. The molecule has 6 heteroatoms. The topological polar surface area (TPSA) is 78.1 Å². The van der Waals surface area contributed by atoms with Crippen molar-refractivity contribution in [1.82, 2.24) is 15.3 Å². The molecule has 1 aliphatic carbocycles. The maximum atomic E-state index is 11.8. The number of amides is 1. The molecule has 2 atom stereocenters. The molecule has 1 amide bonds. The van der Waals surface area contributed by atoms with Crippen LogP contribution in [-0.4, -0.2) is 29.0 Å². The Morgan fingerprint density at radius 1 is 1.50 bits per heavy atom. The average molecular weight is 276 g/mol. The van der Waals surface area contributed by atoms with Crippen LogP contribution in [0.3, 0.4) is 0 Å². The van der Waals surface area contributed by atoms with Crippen molar-refractivity contribution in [2.75, 3.05) is 18.0 Å². The summed E-state index contributed by atoms with van der Waals surface area (Å²) in [5.41, 5.74) is 0.461. The molecule has 108 valence electrons. The van der Waals surface area contributed by atoms with E-state index < -0.39 is 0 Å². The lowest BCUT2D eigenvalue weighted by Crippen LogP contribution is -2.28. The summed E-state index contributed by atoms with van der Waals surface area (Å²) in [5, 5.41) is 2.86. The number of aromatic amines is 1. The van der Waals surface area contributed by atoms with E-state index in [0.29, 0.717) is 24.1 Å². The van der Waals surface area contributed by atoms with Crippen molar-refractivity contribution in [3.8, 4) is 0 Å². The number of carbonyl (C=O) groups excluding carboxylic acids is 1. The quantitative estimate of drug-likeness (QED) is 0.846. The van der Waals surface area contributed by atoms with Gasteiger partial charge < -0.3 is 10.2 Å². The maximum absolute atomic E-state index is 11.8. The summed E-state index contributed by atoms with van der Waals surface area (Å²) in [6, 6.07) is 1.45. The van der Waals surface area contributed by atoms with Gasteiger partial charge >= 0.3 is 0 Å². The van der Waals surface area contributed by atoms with Crippen molar-refractivity contribution in [3.63, 3.8) is 0 Å². The van der Waals surface area contributed by atoms with E-state index in [1.807, 2.05) is 0 Å². The van der Waals surface area contributed by atoms with Crippen molar-refractivity contribution in [2.45, 2.75) is 32.7 Å². The molecule has 1 aliphatic heterocycles. The molecule has 1 aromatic rings. The van der Waals surface area contributed by atoms with Gasteiger partial charge in [0, 0.05) is 25.1 Å². The molecule has 0 bridgehead atoms. The molecule has 2 aliphatic rings. The highest BCUT2D eigenvalue weighted by Crippen LogP contribution is 2.37. The van der Waals surface area contributed by atoms with Crippen molar-refractivity contribution in [2.24, 2.45) is 11.8 Å². The Bertz CT molecular complexity index is 563. The second kappa shape index (κ2) is 5.26. The fourth-order valence-corrected chi connectivity index (χ4v) is 2.66. The number of hydrogen-bond donors (Lipinski definition) is 2. The first-order valence-corrected chi connectivity index (χ1v) is 7.26. The van der Waals surface area contributed by atoms with Crippen LogP contribution in [0.25, 0.3) is 0 Å². The first-order valence-electron chi connectivity index (χ1n) is 7.26. The molecule has 6 nitrogen and oxygen atoms in total. The SMILES string of the molecule is C[C@H]1C[C@H]1C(=O)NCc1cc(=O)[nH]c(N2CCCC2)n1. The van der Waals surface area contributed by atoms with E-state index >= 15 is 0 Å². The predicted molar refractivity (Wildman–Crippen MR) is 75.4 cm³/mol. The molecule has 2 N–H and O–H groups in total. The summed E-state index contributed by atoms with van der Waals surface area (Å²) >= 11 is 0. The summed E-state index contributed by atoms with van der Waals surface area (Å²) in [6.45, 7) is 4.25. The van der Waals surface area contributed by atoms with Crippen molar-refractivity contribution in [3.05, 3.63) is 22.1 Å². The van der Waals surface area contributed by atoms with E-state index in [2.05, 4.69) is 27.1 Å². The molecule has 1 saturated heterocycles. The van der Waals surface area contributed by atoms with Crippen molar-refractivity contribution >= 4 is 11.9 Å². The number of anilines is 1. The first-order chi connectivity index (χ1) is 9.63. The highest BCUT2D eigenvalue weighted by atomic mass is 16.2. The third-order valence-corrected chi connectivity index (χ3v) is 4.08. The lowest BCUT2D eigenvalue weighted by molar-refractivity contribution is -0.122. The average Bonchev–Trinajstić information content (AvgIpc) is 2.93. The molecule has 2 heterocycles. The van der Waals surface area contributed by atoms with Crippen LogP contribution in [0.1, 0.15) is 31.9 Å². The highest BCUT2D eigenvalue weighted by molar-refractivity contribution is 5.81. The molecule has 2 fully saturated rings. The van der Waals surface area contributed by atoms with Gasteiger partial charge in [0.05, 0.1) is 12.2 Å². The Labute approximate surface area is 117 Å². The van der Waals surface area contributed by atoms with Crippen molar-refractivity contribution in [1.29, 1.82) is 0 Å². The van der Waals surface area contributed by atoms with Crippen molar-refractivity contribution < 1.29 is 4.79 Å². The molecule has 3 rings (SSSR count). The van der Waals surface area contributed by atoms with Crippen LogP contribution in [0.15, 0.2) is 10.9 Å². The van der Waals surface area contributed by atoms with E-state index in [9.17, 15) is 9.59 Å². The normalized spacial score (nSPS) is 24.8. The number of H-pyrrole nitrogens is 1. The standard InChI is InChI=1S/C14H20N4O2/c1-9-6-11(9)13(20)15-8-10-7-12(19)17-14(16-10)18-4-2-3-5-18/h7,9,11H,2-6,8H2,1H3,(H,15,20)(H,16,17,19)/t9-,11+/m0/s1. The van der Waals surface area contributed by atoms with Crippen LogP contribution < -0.4 is 15.8 Å². The second-order valence-corrected chi connectivity index (χ2v) is 5.79. The lowest BCUT2D eigenvalue weighted by Gasteiger charge is -2.16. The molecule has 0 aromatic carbocycles. The van der Waals surface area contributed by atoms with Crippen LogP contribution in [0.5, 0.6) is 0 Å². The summed E-state index contributed by atoms with van der Waals surface area (Å²) in [4.78, 5) is 32.7. The van der Waals surface area contributed by atoms with Gasteiger partial charge in [-0.2, -0.15) is 0 Å². The summed E-state index contributed by atoms with van der Waals surface area (Å²) in [6.07, 6.45) is 3.22. The molecule has 0 radical (unpaired) electrons. The molecule has 1 aromatic heterocycles. The Morgan fingerprint density at radius 3 is 2.85 bits per heavy atom. The Morgan fingerprint density at radius 2 is 2.20 bits per heavy atom. The maximum Gasteiger partial charge on any atom is 0.252 e. The van der Waals surface area contributed by atoms with Crippen LogP contribution in [-0.2, 0) is 11.3 Å². The Kier molecular flexibility index (Phi) is 3.46. The van der Waals surface area contributed by atoms with Gasteiger partial charge in [-0.05, 0) is 25.2 Å². The van der Waals surface area contributed by atoms with Crippen LogP contribution >= 0.6 is 0 Å². The van der Waals surface area contributed by atoms with Crippen LogP contribution in [0.4, 0.5) is 5.95 Å². The third kappa shape index (κ3) is 2.84. The van der Waals surface area contributed by atoms with Crippen LogP contribution in [0.2, 0.25) is 0 Å². The second-order valence-electron chi connectivity index (χ2n) is 5.79. The molecular weight excluding hydrogens is 256 g/mol. The summed E-state index contributed by atoms with van der Waals surface area (Å²) in [7, 11) is 0. The minimum atomic E-state index is -0.161. The van der Waals surface area contributed by atoms with E-state index in [0.717, 1.165) is 32.4 Å². The molecular formula is C14H20N4O2. The zero-order valence-electron chi connectivity index (χ0n) is 11.7. The van der Waals surface area contributed by atoms with Crippen LogP contribution in [0, 0.1) is 11.8 Å². The Balaban J connectivity index is 1.66. The minimum Gasteiger partial charge on any atom is -0.350 e. The zero-order chi connectivity index (χ0) is 14.1. The fraction of sp³-hybridized carbons (Fsp3) is 0.643. The zero-order valence-corrected chi connectivity index (χ0v) is 11.7. The molecule has 20 heavy (non-hydrogen) atoms. The monoisotopic (exact) mass is 276 g/mol. The molecule has 1 saturated carbocycles. The molecule has 0 spiro atoms. The lowest BCUT2D eigenvalue weighted by atomic mass is 10.3. The third-order valence-electron chi connectivity index (χ3n) is 4.08. The van der Waals surface area contributed by atoms with Gasteiger partial charge in [-0.1, -0.05) is 6.92 Å². The van der Waals surface area contributed by atoms with E-state index in [-0.39, 0.29) is 17.4 Å². The minimum absolute atomic E-state index is 0.0716. The van der Waals surface area contributed by atoms with Gasteiger partial charge in [-0.3, -0.25) is 14.6 Å². The van der Waals surface area contributed by atoms with E-state index in [1.54, 1.807) is 0 Å². The smallest absolute Gasteiger partial charge is 0.252 e. The van der Waals surface area contributed by atoms with Gasteiger partial charge in [0.25, 0.3) is 5.56 Å². The van der Waals surface area contributed by atoms with Gasteiger partial charge in [-0.25, -0.2) is 4.98 Å². The predicted octanol–water partition coefficient (Wildman–Crippen LogP) is 0.642.